The summed E-state index contributed by atoms with van der Waals surface area (Å²) in [4.78, 5) is 37.7. The summed E-state index contributed by atoms with van der Waals surface area (Å²) in [7, 11) is 0. The highest BCUT2D eigenvalue weighted by atomic mass is 79.9. The lowest BCUT2D eigenvalue weighted by Crippen LogP contribution is -2.24. The molecule has 0 fully saturated rings. The molecule has 0 spiro atoms. The molecule has 0 atom stereocenters. The number of aromatic carboxylic acids is 2. The average molecular weight is 455 g/mol. The number of carboxylic acids is 2. The number of rotatable bonds is 7. The minimum absolute atomic E-state index is 0.124. The highest BCUT2D eigenvalue weighted by molar-refractivity contribution is 9.10. The molecule has 2 rings (SSSR count). The Hall–Kier alpha value is -3.01. The second kappa shape index (κ2) is 8.34. The monoisotopic (exact) mass is 454 g/mol. The van der Waals surface area contributed by atoms with Crippen molar-refractivity contribution in [3.05, 3.63) is 38.1 Å². The Balaban J connectivity index is 2.93. The van der Waals surface area contributed by atoms with Crippen LogP contribution in [0, 0.1) is 0 Å². The van der Waals surface area contributed by atoms with Gasteiger partial charge in [0.1, 0.15) is 16.9 Å². The van der Waals surface area contributed by atoms with Crippen molar-refractivity contribution >= 4 is 33.7 Å². The number of hydrogen-bond acceptors (Lipinski definition) is 6. The summed E-state index contributed by atoms with van der Waals surface area (Å²) in [5.41, 5.74) is 3.19. The van der Waals surface area contributed by atoms with Gasteiger partial charge in [-0.05, 0) is 54.4 Å². The molecule has 0 saturated carbocycles. The van der Waals surface area contributed by atoms with Crippen LogP contribution >= 0.6 is 15.9 Å². The summed E-state index contributed by atoms with van der Waals surface area (Å²) in [6, 6.07) is 2.87. The summed E-state index contributed by atoms with van der Waals surface area (Å²) < 4.78 is 11.7. The molecular formula is C18H19BrN2O7. The Bertz CT molecular complexity index is 998. The van der Waals surface area contributed by atoms with Gasteiger partial charge in [0.15, 0.2) is 11.5 Å². The van der Waals surface area contributed by atoms with E-state index in [1.807, 2.05) is 13.8 Å². The minimum atomic E-state index is -1.59. The number of ether oxygens (including phenoxy) is 2. The van der Waals surface area contributed by atoms with Gasteiger partial charge in [-0.25, -0.2) is 9.59 Å². The first-order valence-corrected chi connectivity index (χ1v) is 9.03. The molecule has 0 aliphatic heterocycles. The van der Waals surface area contributed by atoms with Gasteiger partial charge in [0.2, 0.25) is 0 Å². The molecule has 0 bridgehead atoms. The highest BCUT2D eigenvalue weighted by Gasteiger charge is 2.28. The normalized spacial score (nSPS) is 10.8. The smallest absolute Gasteiger partial charge is 0.342 e. The van der Waals surface area contributed by atoms with Crippen molar-refractivity contribution in [1.29, 1.82) is 0 Å². The fourth-order valence-corrected chi connectivity index (χ4v) is 3.20. The molecule has 5 N–H and O–H groups in total. The maximum Gasteiger partial charge on any atom is 0.342 e. The number of nitrogens with two attached hydrogens (primary N) is 1. The van der Waals surface area contributed by atoms with E-state index in [2.05, 4.69) is 20.9 Å². The quantitative estimate of drug-likeness (QED) is 0.497. The fourth-order valence-electron chi connectivity index (χ4n) is 2.66. The third kappa shape index (κ3) is 4.11. The van der Waals surface area contributed by atoms with E-state index in [-0.39, 0.29) is 29.6 Å². The van der Waals surface area contributed by atoms with Gasteiger partial charge in [-0.2, -0.15) is 0 Å². The zero-order valence-electron chi connectivity index (χ0n) is 15.3. The number of pyridine rings is 1. The van der Waals surface area contributed by atoms with Crippen LogP contribution in [0.15, 0.2) is 21.4 Å². The molecule has 9 nitrogen and oxygen atoms in total. The standard InChI is InChI=1S/C18H19BrN2O7/c1-4-27-10-6-8(5-9(19)14(10)28-7(2)3)11-12(17(23)24)15(20)21-16(22)13(11)18(25)26/h5-7H,4H2,1-3H3,(H,23,24)(H,25,26)(H3,20,21,22). The molecule has 10 heteroatoms. The van der Waals surface area contributed by atoms with E-state index in [1.54, 1.807) is 6.92 Å². The van der Waals surface area contributed by atoms with Crippen molar-refractivity contribution in [2.45, 2.75) is 26.9 Å². The Morgan fingerprint density at radius 2 is 1.82 bits per heavy atom. The Morgan fingerprint density at radius 3 is 2.32 bits per heavy atom. The number of nitrogens with one attached hydrogen (secondary N) is 1. The van der Waals surface area contributed by atoms with Crippen LogP contribution in [0.4, 0.5) is 5.82 Å². The van der Waals surface area contributed by atoms with Gasteiger partial charge in [-0.3, -0.25) is 4.79 Å². The largest absolute Gasteiger partial charge is 0.490 e. The summed E-state index contributed by atoms with van der Waals surface area (Å²) in [6.45, 7) is 5.66. The topological polar surface area (TPSA) is 152 Å². The van der Waals surface area contributed by atoms with Crippen molar-refractivity contribution in [3.8, 4) is 22.6 Å². The zero-order chi connectivity index (χ0) is 21.2. The number of aromatic amines is 1. The van der Waals surface area contributed by atoms with Gasteiger partial charge in [0.25, 0.3) is 5.56 Å². The molecule has 0 aliphatic rings. The van der Waals surface area contributed by atoms with E-state index < -0.39 is 34.4 Å². The maximum atomic E-state index is 12.2. The summed E-state index contributed by atoms with van der Waals surface area (Å²) in [6.07, 6.45) is -0.180. The highest BCUT2D eigenvalue weighted by Crippen LogP contribution is 2.42. The molecule has 150 valence electrons. The zero-order valence-corrected chi connectivity index (χ0v) is 16.9. The van der Waals surface area contributed by atoms with Crippen molar-refractivity contribution < 1.29 is 29.3 Å². The van der Waals surface area contributed by atoms with E-state index in [9.17, 15) is 24.6 Å². The van der Waals surface area contributed by atoms with E-state index in [0.717, 1.165) is 0 Å². The number of H-pyrrole nitrogens is 1. The van der Waals surface area contributed by atoms with Gasteiger partial charge in [-0.15, -0.1) is 0 Å². The molecule has 1 aromatic heterocycles. The van der Waals surface area contributed by atoms with Crippen LogP contribution in [0.25, 0.3) is 11.1 Å². The van der Waals surface area contributed by atoms with Gasteiger partial charge < -0.3 is 30.4 Å². The number of nitrogen functional groups attached to an aromatic ring is 1. The maximum absolute atomic E-state index is 12.2. The van der Waals surface area contributed by atoms with Gasteiger partial charge >= 0.3 is 11.9 Å². The Morgan fingerprint density at radius 1 is 1.21 bits per heavy atom. The molecule has 1 aromatic carbocycles. The predicted molar refractivity (Wildman–Crippen MR) is 105 cm³/mol. The van der Waals surface area contributed by atoms with Gasteiger partial charge in [-0.1, -0.05) is 0 Å². The lowest BCUT2D eigenvalue weighted by atomic mass is 9.95. The summed E-state index contributed by atoms with van der Waals surface area (Å²) in [5, 5.41) is 19.1. The number of hydrogen-bond donors (Lipinski definition) is 4. The number of carbonyl (C=O) groups is 2. The summed E-state index contributed by atoms with van der Waals surface area (Å²) in [5.74, 6) is -2.90. The van der Waals surface area contributed by atoms with Crippen molar-refractivity contribution in [2.75, 3.05) is 12.3 Å². The molecular weight excluding hydrogens is 436 g/mol. The molecule has 0 radical (unpaired) electrons. The average Bonchev–Trinajstić information content (AvgIpc) is 2.56. The predicted octanol–water partition coefficient (Wildman–Crippen LogP) is 2.97. The molecule has 0 aliphatic carbocycles. The first-order valence-electron chi connectivity index (χ1n) is 8.24. The van der Waals surface area contributed by atoms with Crippen molar-refractivity contribution in [1.82, 2.24) is 4.98 Å². The van der Waals surface area contributed by atoms with Gasteiger partial charge in [0.05, 0.1) is 17.2 Å². The third-order valence-electron chi connectivity index (χ3n) is 3.62. The van der Waals surface area contributed by atoms with Crippen LogP contribution in [-0.2, 0) is 0 Å². The third-order valence-corrected chi connectivity index (χ3v) is 4.21. The number of carboxylic acid groups (broad SMARTS) is 2. The van der Waals surface area contributed by atoms with Crippen LogP contribution in [0.2, 0.25) is 0 Å². The molecule has 2 aromatic rings. The molecule has 0 saturated heterocycles. The van der Waals surface area contributed by atoms with Crippen LogP contribution in [0.3, 0.4) is 0 Å². The number of benzene rings is 1. The van der Waals surface area contributed by atoms with Crippen LogP contribution in [-0.4, -0.2) is 39.8 Å². The van der Waals surface area contributed by atoms with E-state index >= 15 is 0 Å². The van der Waals surface area contributed by atoms with E-state index in [0.29, 0.717) is 10.2 Å². The lowest BCUT2D eigenvalue weighted by molar-refractivity contribution is 0.0695. The Kier molecular flexibility index (Phi) is 6.34. The lowest BCUT2D eigenvalue weighted by Gasteiger charge is -2.19. The first-order chi connectivity index (χ1) is 13.1. The van der Waals surface area contributed by atoms with Gasteiger partial charge in [0, 0.05) is 5.56 Å². The number of anilines is 1. The van der Waals surface area contributed by atoms with E-state index in [4.69, 9.17) is 15.2 Å². The summed E-state index contributed by atoms with van der Waals surface area (Å²) >= 11 is 3.34. The number of aromatic nitrogens is 1. The molecule has 0 amide bonds. The fraction of sp³-hybridized carbons (Fsp3) is 0.278. The van der Waals surface area contributed by atoms with Crippen molar-refractivity contribution in [2.24, 2.45) is 0 Å². The molecule has 1 heterocycles. The van der Waals surface area contributed by atoms with Crippen LogP contribution < -0.4 is 20.8 Å². The second-order valence-electron chi connectivity index (χ2n) is 5.99. The molecule has 28 heavy (non-hydrogen) atoms. The number of halogens is 1. The first kappa shape index (κ1) is 21.3. The SMILES string of the molecule is CCOc1cc(-c2c(C(=O)O)c(N)[nH]c(=O)c2C(=O)O)cc(Br)c1OC(C)C. The molecule has 0 unspecified atom stereocenters. The van der Waals surface area contributed by atoms with Crippen molar-refractivity contribution in [3.63, 3.8) is 0 Å². The van der Waals surface area contributed by atoms with Crippen LogP contribution in [0.5, 0.6) is 11.5 Å². The van der Waals surface area contributed by atoms with Crippen LogP contribution in [0.1, 0.15) is 41.5 Å². The van der Waals surface area contributed by atoms with E-state index in [1.165, 1.54) is 12.1 Å². The second-order valence-corrected chi connectivity index (χ2v) is 6.84. The minimum Gasteiger partial charge on any atom is -0.490 e. The Labute approximate surface area is 168 Å².